The van der Waals surface area contributed by atoms with E-state index in [2.05, 4.69) is 56.4 Å². The largest absolute Gasteiger partial charge is 0.540 e. The molecule has 2 aromatic rings. The first-order chi connectivity index (χ1) is 8.08. The summed E-state index contributed by atoms with van der Waals surface area (Å²) in [5.74, 6) is 0.969. The summed E-state index contributed by atoms with van der Waals surface area (Å²) in [5, 5.41) is 1.32. The molecule has 1 nitrogen and oxygen atoms in total. The molecule has 0 saturated heterocycles. The molecule has 0 bridgehead atoms. The third-order valence-corrected chi connectivity index (χ3v) is 5.33. The zero-order chi connectivity index (χ0) is 12.3. The van der Waals surface area contributed by atoms with Crippen LogP contribution in [-0.2, 0) is 0 Å². The molecular weight excluding hydrogens is 224 g/mol. The Morgan fingerprint density at radius 2 is 1.41 bits per heavy atom. The predicted molar refractivity (Wildman–Crippen MR) is 75.4 cm³/mol. The first-order valence-electron chi connectivity index (χ1n) is 5.89. The van der Waals surface area contributed by atoms with Gasteiger partial charge >= 0.3 is 0 Å². The van der Waals surface area contributed by atoms with E-state index in [-0.39, 0.29) is 0 Å². The summed E-state index contributed by atoms with van der Waals surface area (Å²) < 4.78 is 6.18. The topological polar surface area (TPSA) is 9.23 Å². The summed E-state index contributed by atoms with van der Waals surface area (Å²) in [4.78, 5) is 0. The van der Waals surface area contributed by atoms with Gasteiger partial charge in [0.05, 0.1) is 0 Å². The quantitative estimate of drug-likeness (QED) is 0.749. The molecule has 0 saturated carbocycles. The second kappa shape index (κ2) is 4.76. The van der Waals surface area contributed by atoms with Crippen LogP contribution in [-0.4, -0.2) is 8.32 Å². The molecule has 0 aliphatic carbocycles. The first kappa shape index (κ1) is 11.9. The standard InChI is InChI=1S/C15H18OSi/c1-13-9-11-14(12-10-13)16-17(2,3)15-7-5-4-6-8-15/h4-12H,1-3H3. The lowest BCUT2D eigenvalue weighted by Crippen LogP contribution is -2.47. The fraction of sp³-hybridized carbons (Fsp3) is 0.200. The van der Waals surface area contributed by atoms with E-state index in [1.165, 1.54) is 10.8 Å². The van der Waals surface area contributed by atoms with Crippen molar-refractivity contribution >= 4 is 13.5 Å². The van der Waals surface area contributed by atoms with Crippen molar-refractivity contribution in [2.75, 3.05) is 0 Å². The van der Waals surface area contributed by atoms with Crippen LogP contribution in [0, 0.1) is 6.92 Å². The average molecular weight is 242 g/mol. The number of rotatable bonds is 3. The highest BCUT2D eigenvalue weighted by atomic mass is 28.4. The zero-order valence-electron chi connectivity index (χ0n) is 10.6. The molecule has 88 valence electrons. The molecule has 0 amide bonds. The summed E-state index contributed by atoms with van der Waals surface area (Å²) in [6.07, 6.45) is 0. The normalized spacial score (nSPS) is 11.2. The van der Waals surface area contributed by atoms with Gasteiger partial charge in [0.15, 0.2) is 0 Å². The minimum Gasteiger partial charge on any atom is -0.540 e. The van der Waals surface area contributed by atoms with Crippen LogP contribution in [0.4, 0.5) is 0 Å². The first-order valence-corrected chi connectivity index (χ1v) is 8.80. The molecule has 2 rings (SSSR count). The molecule has 2 heteroatoms. The van der Waals surface area contributed by atoms with Crippen LogP contribution >= 0.6 is 0 Å². The van der Waals surface area contributed by atoms with Crippen molar-refractivity contribution in [3.05, 3.63) is 60.2 Å². The second-order valence-corrected chi connectivity index (χ2v) is 8.59. The Balaban J connectivity index is 2.20. The van der Waals surface area contributed by atoms with Gasteiger partial charge in [0.2, 0.25) is 0 Å². The van der Waals surface area contributed by atoms with Gasteiger partial charge in [0.1, 0.15) is 5.75 Å². The van der Waals surface area contributed by atoms with Crippen LogP contribution in [0.1, 0.15) is 5.56 Å². The molecule has 0 unspecified atom stereocenters. The lowest BCUT2D eigenvalue weighted by Gasteiger charge is -2.24. The summed E-state index contributed by atoms with van der Waals surface area (Å²) in [6.45, 7) is 6.54. The van der Waals surface area contributed by atoms with Gasteiger partial charge in [-0.05, 0) is 37.3 Å². The van der Waals surface area contributed by atoms with Gasteiger partial charge in [-0.2, -0.15) is 0 Å². The Bertz CT molecular complexity index is 474. The predicted octanol–water partition coefficient (Wildman–Crippen LogP) is 3.49. The Morgan fingerprint density at radius 1 is 0.824 bits per heavy atom. The Kier molecular flexibility index (Phi) is 3.34. The van der Waals surface area contributed by atoms with E-state index in [0.29, 0.717) is 0 Å². The molecule has 0 heterocycles. The molecule has 0 spiro atoms. The lowest BCUT2D eigenvalue weighted by molar-refractivity contribution is 0.564. The van der Waals surface area contributed by atoms with Crippen LogP contribution in [0.25, 0.3) is 0 Å². The van der Waals surface area contributed by atoms with Gasteiger partial charge in [-0.3, -0.25) is 0 Å². The minimum atomic E-state index is -1.84. The third-order valence-electron chi connectivity index (χ3n) is 2.86. The van der Waals surface area contributed by atoms with E-state index in [0.717, 1.165) is 5.75 Å². The lowest BCUT2D eigenvalue weighted by atomic mass is 10.2. The number of benzene rings is 2. The SMILES string of the molecule is Cc1ccc(O[Si](C)(C)c2ccccc2)cc1. The number of hydrogen-bond acceptors (Lipinski definition) is 1. The fourth-order valence-corrected chi connectivity index (χ4v) is 3.64. The van der Waals surface area contributed by atoms with Crippen molar-refractivity contribution < 1.29 is 4.43 Å². The van der Waals surface area contributed by atoms with E-state index < -0.39 is 8.32 Å². The highest BCUT2D eigenvalue weighted by Crippen LogP contribution is 2.16. The van der Waals surface area contributed by atoms with E-state index in [1.807, 2.05) is 18.2 Å². The summed E-state index contributed by atoms with van der Waals surface area (Å²) in [7, 11) is -1.84. The second-order valence-electron chi connectivity index (χ2n) is 4.79. The monoisotopic (exact) mass is 242 g/mol. The smallest absolute Gasteiger partial charge is 0.276 e. The van der Waals surface area contributed by atoms with Gasteiger partial charge in [-0.1, -0.05) is 48.0 Å². The summed E-state index contributed by atoms with van der Waals surface area (Å²) in [6, 6.07) is 18.8. The highest BCUT2D eigenvalue weighted by Gasteiger charge is 2.26. The Labute approximate surface area is 104 Å². The van der Waals surface area contributed by atoms with Crippen LogP contribution in [0.2, 0.25) is 13.1 Å². The molecule has 0 atom stereocenters. The maximum Gasteiger partial charge on any atom is 0.276 e. The maximum atomic E-state index is 6.18. The molecule has 0 aromatic heterocycles. The highest BCUT2D eigenvalue weighted by molar-refractivity contribution is 6.84. The van der Waals surface area contributed by atoms with Crippen molar-refractivity contribution in [2.45, 2.75) is 20.0 Å². The van der Waals surface area contributed by atoms with E-state index >= 15 is 0 Å². The Morgan fingerprint density at radius 3 is 2.00 bits per heavy atom. The van der Waals surface area contributed by atoms with Crippen molar-refractivity contribution in [1.82, 2.24) is 0 Å². The molecule has 0 N–H and O–H groups in total. The fourth-order valence-electron chi connectivity index (χ4n) is 1.80. The van der Waals surface area contributed by atoms with Crippen LogP contribution in [0.5, 0.6) is 5.75 Å². The van der Waals surface area contributed by atoms with Crippen LogP contribution in [0.15, 0.2) is 54.6 Å². The maximum absolute atomic E-state index is 6.18. The molecule has 17 heavy (non-hydrogen) atoms. The van der Waals surface area contributed by atoms with Gasteiger partial charge < -0.3 is 4.43 Å². The van der Waals surface area contributed by atoms with E-state index in [9.17, 15) is 0 Å². The van der Waals surface area contributed by atoms with Crippen LogP contribution in [0.3, 0.4) is 0 Å². The van der Waals surface area contributed by atoms with Crippen molar-refractivity contribution in [1.29, 1.82) is 0 Å². The van der Waals surface area contributed by atoms with Crippen LogP contribution < -0.4 is 9.61 Å². The number of hydrogen-bond donors (Lipinski definition) is 0. The molecular formula is C15H18OSi. The molecule has 2 aromatic carbocycles. The van der Waals surface area contributed by atoms with Crippen molar-refractivity contribution in [3.63, 3.8) is 0 Å². The third kappa shape index (κ3) is 2.98. The van der Waals surface area contributed by atoms with Crippen molar-refractivity contribution in [3.8, 4) is 5.75 Å². The van der Waals surface area contributed by atoms with Gasteiger partial charge in [0, 0.05) is 0 Å². The molecule has 0 aliphatic rings. The van der Waals surface area contributed by atoms with Gasteiger partial charge in [-0.25, -0.2) is 0 Å². The van der Waals surface area contributed by atoms with Gasteiger partial charge in [0.25, 0.3) is 8.32 Å². The van der Waals surface area contributed by atoms with E-state index in [4.69, 9.17) is 4.43 Å². The molecule has 0 radical (unpaired) electrons. The summed E-state index contributed by atoms with van der Waals surface area (Å²) >= 11 is 0. The summed E-state index contributed by atoms with van der Waals surface area (Å²) in [5.41, 5.74) is 1.26. The van der Waals surface area contributed by atoms with Crippen molar-refractivity contribution in [2.24, 2.45) is 0 Å². The average Bonchev–Trinajstić information content (AvgIpc) is 2.33. The molecule has 0 fully saturated rings. The molecule has 0 aliphatic heterocycles. The zero-order valence-corrected chi connectivity index (χ0v) is 11.6. The Hall–Kier alpha value is -1.54. The number of aryl methyl sites for hydroxylation is 1. The van der Waals surface area contributed by atoms with Gasteiger partial charge in [-0.15, -0.1) is 0 Å². The minimum absolute atomic E-state index is 0.969. The van der Waals surface area contributed by atoms with E-state index in [1.54, 1.807) is 0 Å².